The van der Waals surface area contributed by atoms with Crippen molar-refractivity contribution in [1.29, 1.82) is 0 Å². The van der Waals surface area contributed by atoms with E-state index in [-0.39, 0.29) is 5.69 Å². The maximum absolute atomic E-state index is 12.0. The zero-order valence-electron chi connectivity index (χ0n) is 11.6. The Morgan fingerprint density at radius 3 is 2.62 bits per heavy atom. The van der Waals surface area contributed by atoms with Crippen LogP contribution in [0.5, 0.6) is 0 Å². The molecule has 2 N–H and O–H groups in total. The number of carboxylic acid groups (broad SMARTS) is 1. The lowest BCUT2D eigenvalue weighted by molar-refractivity contribution is -0.139. The van der Waals surface area contributed by atoms with Gasteiger partial charge in [-0.3, -0.25) is 4.79 Å². The molecule has 1 atom stereocenters. The number of aromatic nitrogens is 1. The van der Waals surface area contributed by atoms with Gasteiger partial charge in [-0.1, -0.05) is 30.3 Å². The number of nitrogens with one attached hydrogen (secondary N) is 1. The number of benzene rings is 1. The number of rotatable bonds is 6. The fourth-order valence-electron chi connectivity index (χ4n) is 1.91. The highest BCUT2D eigenvalue weighted by atomic mass is 32.1. The van der Waals surface area contributed by atoms with Gasteiger partial charge in [0.2, 0.25) is 0 Å². The lowest BCUT2D eigenvalue weighted by Crippen LogP contribution is -2.41. The lowest BCUT2D eigenvalue weighted by Gasteiger charge is -2.13. The van der Waals surface area contributed by atoms with Crippen LogP contribution >= 0.6 is 11.3 Å². The predicted octanol–water partition coefficient (Wildman–Crippen LogP) is 2.27. The number of carbonyl (C=O) groups is 2. The molecule has 0 aliphatic rings. The summed E-state index contributed by atoms with van der Waals surface area (Å²) in [6.07, 6.45) is 0.933. The van der Waals surface area contributed by atoms with Crippen molar-refractivity contribution in [1.82, 2.24) is 10.3 Å². The van der Waals surface area contributed by atoms with Gasteiger partial charge < -0.3 is 10.4 Å². The fraction of sp³-hybridized carbons (Fsp3) is 0.267. The molecule has 6 heteroatoms. The number of hydrogen-bond donors (Lipinski definition) is 2. The Labute approximate surface area is 126 Å². The summed E-state index contributed by atoms with van der Waals surface area (Å²) in [5, 5.41) is 14.1. The van der Waals surface area contributed by atoms with Crippen molar-refractivity contribution in [2.45, 2.75) is 25.8 Å². The largest absolute Gasteiger partial charge is 0.480 e. The molecule has 0 spiro atoms. The molecular formula is C15H16N2O3S. The molecule has 0 saturated carbocycles. The highest BCUT2D eigenvalue weighted by Crippen LogP contribution is 2.09. The molecule has 21 heavy (non-hydrogen) atoms. The standard InChI is InChI=1S/C15H16N2O3S/c1-10-16-13(9-21-10)14(18)17-12(15(19)20)8-7-11-5-3-2-4-6-11/h2-6,9,12H,7-8H2,1H3,(H,17,18)(H,19,20)/t12-/m0/s1. The monoisotopic (exact) mass is 304 g/mol. The quantitative estimate of drug-likeness (QED) is 0.858. The summed E-state index contributed by atoms with van der Waals surface area (Å²) in [6, 6.07) is 8.67. The molecule has 0 aliphatic heterocycles. The van der Waals surface area contributed by atoms with Crippen LogP contribution in [-0.2, 0) is 11.2 Å². The molecule has 110 valence electrons. The second-order valence-electron chi connectivity index (χ2n) is 4.64. The number of carbonyl (C=O) groups excluding carboxylic acids is 1. The van der Waals surface area contributed by atoms with Crippen LogP contribution in [0, 0.1) is 6.92 Å². The van der Waals surface area contributed by atoms with Gasteiger partial charge in [0.15, 0.2) is 0 Å². The van der Waals surface area contributed by atoms with Crippen LogP contribution in [0.15, 0.2) is 35.7 Å². The Hall–Kier alpha value is -2.21. The molecule has 1 heterocycles. The van der Waals surface area contributed by atoms with Gasteiger partial charge in [-0.2, -0.15) is 0 Å². The summed E-state index contributed by atoms with van der Waals surface area (Å²) in [5.41, 5.74) is 1.31. The SMILES string of the molecule is Cc1nc(C(=O)N[C@@H](CCc2ccccc2)C(=O)O)cs1. The van der Waals surface area contributed by atoms with E-state index in [0.29, 0.717) is 12.8 Å². The van der Waals surface area contributed by atoms with E-state index in [9.17, 15) is 14.7 Å². The van der Waals surface area contributed by atoms with E-state index in [1.165, 1.54) is 11.3 Å². The van der Waals surface area contributed by atoms with Crippen molar-refractivity contribution in [2.75, 3.05) is 0 Å². The van der Waals surface area contributed by atoms with Gasteiger partial charge in [-0.15, -0.1) is 11.3 Å². The molecule has 0 fully saturated rings. The van der Waals surface area contributed by atoms with Gasteiger partial charge in [-0.25, -0.2) is 9.78 Å². The Morgan fingerprint density at radius 2 is 2.05 bits per heavy atom. The molecule has 0 aliphatic carbocycles. The first-order chi connectivity index (χ1) is 10.1. The maximum Gasteiger partial charge on any atom is 0.326 e. The first-order valence-corrected chi connectivity index (χ1v) is 7.44. The van der Waals surface area contributed by atoms with Crippen LogP contribution in [0.4, 0.5) is 0 Å². The number of amides is 1. The minimum atomic E-state index is -1.04. The first-order valence-electron chi connectivity index (χ1n) is 6.56. The van der Waals surface area contributed by atoms with E-state index in [1.54, 1.807) is 12.3 Å². The number of thiazole rings is 1. The normalized spacial score (nSPS) is 11.9. The summed E-state index contributed by atoms with van der Waals surface area (Å²) in [7, 11) is 0. The Bertz CT molecular complexity index is 625. The van der Waals surface area contributed by atoms with Gasteiger partial charge >= 0.3 is 5.97 Å². The van der Waals surface area contributed by atoms with E-state index >= 15 is 0 Å². The van der Waals surface area contributed by atoms with Gasteiger partial charge in [0.1, 0.15) is 11.7 Å². The Kier molecular flexibility index (Phi) is 5.05. The summed E-state index contributed by atoms with van der Waals surface area (Å²) in [5.74, 6) is -1.48. The molecule has 5 nitrogen and oxygen atoms in total. The average molecular weight is 304 g/mol. The average Bonchev–Trinajstić information content (AvgIpc) is 2.90. The highest BCUT2D eigenvalue weighted by molar-refractivity contribution is 7.09. The number of hydrogen-bond acceptors (Lipinski definition) is 4. The molecule has 1 aromatic carbocycles. The van der Waals surface area contributed by atoms with Crippen LogP contribution in [0.1, 0.15) is 27.5 Å². The maximum atomic E-state index is 12.0. The summed E-state index contributed by atoms with van der Waals surface area (Å²) in [6.45, 7) is 1.80. The fourth-order valence-corrected chi connectivity index (χ4v) is 2.51. The van der Waals surface area contributed by atoms with Crippen LogP contribution < -0.4 is 5.32 Å². The number of aliphatic carboxylic acids is 1. The van der Waals surface area contributed by atoms with Crippen molar-refractivity contribution < 1.29 is 14.7 Å². The van der Waals surface area contributed by atoms with E-state index in [2.05, 4.69) is 10.3 Å². The van der Waals surface area contributed by atoms with Gasteiger partial charge in [0, 0.05) is 5.38 Å². The predicted molar refractivity (Wildman–Crippen MR) is 80.5 cm³/mol. The second kappa shape index (κ2) is 6.99. The van der Waals surface area contributed by atoms with E-state index in [0.717, 1.165) is 10.6 Å². The van der Waals surface area contributed by atoms with Crippen molar-refractivity contribution in [3.63, 3.8) is 0 Å². The minimum absolute atomic E-state index is 0.267. The molecule has 0 bridgehead atoms. The molecule has 2 aromatic rings. The summed E-state index contributed by atoms with van der Waals surface area (Å²) in [4.78, 5) is 27.3. The van der Waals surface area contributed by atoms with Crippen molar-refractivity contribution >= 4 is 23.2 Å². The van der Waals surface area contributed by atoms with Crippen molar-refractivity contribution in [3.05, 3.63) is 52.0 Å². The lowest BCUT2D eigenvalue weighted by atomic mass is 10.1. The van der Waals surface area contributed by atoms with Crippen LogP contribution in [0.25, 0.3) is 0 Å². The van der Waals surface area contributed by atoms with Gasteiger partial charge in [-0.05, 0) is 25.3 Å². The van der Waals surface area contributed by atoms with Crippen molar-refractivity contribution in [2.24, 2.45) is 0 Å². The number of carboxylic acids is 1. The molecule has 1 amide bonds. The van der Waals surface area contributed by atoms with Crippen LogP contribution in [0.3, 0.4) is 0 Å². The molecule has 0 saturated heterocycles. The first kappa shape index (κ1) is 15.2. The van der Waals surface area contributed by atoms with E-state index in [4.69, 9.17) is 0 Å². The Balaban J connectivity index is 1.96. The molecular weight excluding hydrogens is 288 g/mol. The minimum Gasteiger partial charge on any atom is -0.480 e. The molecule has 0 unspecified atom stereocenters. The van der Waals surface area contributed by atoms with Crippen LogP contribution in [0.2, 0.25) is 0 Å². The topological polar surface area (TPSA) is 79.3 Å². The van der Waals surface area contributed by atoms with E-state index in [1.807, 2.05) is 30.3 Å². The van der Waals surface area contributed by atoms with Crippen molar-refractivity contribution in [3.8, 4) is 0 Å². The van der Waals surface area contributed by atoms with Gasteiger partial charge in [0.05, 0.1) is 5.01 Å². The Morgan fingerprint density at radius 1 is 1.33 bits per heavy atom. The zero-order chi connectivity index (χ0) is 15.2. The molecule has 2 rings (SSSR count). The van der Waals surface area contributed by atoms with Gasteiger partial charge in [0.25, 0.3) is 5.91 Å². The highest BCUT2D eigenvalue weighted by Gasteiger charge is 2.21. The van der Waals surface area contributed by atoms with Crippen LogP contribution in [-0.4, -0.2) is 28.0 Å². The second-order valence-corrected chi connectivity index (χ2v) is 5.70. The van der Waals surface area contributed by atoms with E-state index < -0.39 is 17.9 Å². The number of nitrogens with zero attached hydrogens (tertiary/aromatic N) is 1. The smallest absolute Gasteiger partial charge is 0.326 e. The number of aryl methyl sites for hydroxylation is 2. The molecule has 1 aromatic heterocycles. The third kappa shape index (κ3) is 4.39. The third-order valence-corrected chi connectivity index (χ3v) is 3.79. The zero-order valence-corrected chi connectivity index (χ0v) is 12.4. The summed E-state index contributed by atoms with van der Waals surface area (Å²) >= 11 is 1.36. The molecule has 0 radical (unpaired) electrons. The summed E-state index contributed by atoms with van der Waals surface area (Å²) < 4.78 is 0. The third-order valence-electron chi connectivity index (χ3n) is 3.02.